The van der Waals surface area contributed by atoms with Crippen molar-refractivity contribution >= 4 is 17.5 Å². The number of rotatable bonds is 3. The molecule has 94 valence electrons. The van der Waals surface area contributed by atoms with E-state index < -0.39 is 30.7 Å². The van der Waals surface area contributed by atoms with E-state index in [4.69, 9.17) is 11.6 Å². The van der Waals surface area contributed by atoms with Crippen LogP contribution in [0.15, 0.2) is 17.2 Å². The maximum atomic E-state index is 11.8. The molecule has 1 heterocycles. The van der Waals surface area contributed by atoms with Crippen LogP contribution in [0.3, 0.4) is 0 Å². The van der Waals surface area contributed by atoms with Gasteiger partial charge in [0.15, 0.2) is 0 Å². The molecule has 1 rings (SSSR count). The van der Waals surface area contributed by atoms with Crippen molar-refractivity contribution in [3.8, 4) is 0 Å². The Hall–Kier alpha value is -1.57. The Morgan fingerprint density at radius 2 is 2.18 bits per heavy atom. The lowest BCUT2D eigenvalue weighted by Gasteiger charge is -2.09. The molecule has 0 aromatic carbocycles. The largest absolute Gasteiger partial charge is 0.405 e. The van der Waals surface area contributed by atoms with Gasteiger partial charge in [-0.2, -0.15) is 13.2 Å². The highest BCUT2D eigenvalue weighted by molar-refractivity contribution is 6.29. The minimum Gasteiger partial charge on any atom is -0.345 e. The molecular weight excluding hydrogens is 263 g/mol. The lowest BCUT2D eigenvalue weighted by atomic mass is 10.5. The fraction of sp³-hybridized carbons (Fsp3) is 0.375. The minimum atomic E-state index is -4.49. The highest BCUT2D eigenvalue weighted by Gasteiger charge is 2.27. The van der Waals surface area contributed by atoms with Gasteiger partial charge in [0.05, 0.1) is 6.33 Å². The standard InChI is InChI=1S/C8H7ClF3N3O2/c9-5-1-7(17)15(4-14-5)2-6(16)13-3-8(10,11)12/h1,4H,2-3H2,(H,13,16). The van der Waals surface area contributed by atoms with Crippen LogP contribution in [0.4, 0.5) is 13.2 Å². The first-order valence-electron chi connectivity index (χ1n) is 4.33. The first-order chi connectivity index (χ1) is 7.78. The second kappa shape index (κ2) is 5.17. The SMILES string of the molecule is O=C(Cn1cnc(Cl)cc1=O)NCC(F)(F)F. The Bertz CT molecular complexity index is 472. The van der Waals surface area contributed by atoms with Crippen LogP contribution in [0.2, 0.25) is 5.15 Å². The van der Waals surface area contributed by atoms with E-state index in [9.17, 15) is 22.8 Å². The molecular formula is C8H7ClF3N3O2. The van der Waals surface area contributed by atoms with Gasteiger partial charge in [-0.3, -0.25) is 14.2 Å². The summed E-state index contributed by atoms with van der Waals surface area (Å²) in [6.45, 7) is -1.99. The number of carbonyl (C=O) groups excluding carboxylic acids is 1. The number of aromatic nitrogens is 2. The van der Waals surface area contributed by atoms with Crippen LogP contribution in [0.25, 0.3) is 0 Å². The Kier molecular flexibility index (Phi) is 4.11. The molecule has 0 aliphatic carbocycles. The van der Waals surface area contributed by atoms with Crippen LogP contribution in [-0.2, 0) is 11.3 Å². The fourth-order valence-electron chi connectivity index (χ4n) is 0.932. The van der Waals surface area contributed by atoms with Crippen LogP contribution in [0, 0.1) is 0 Å². The molecule has 1 N–H and O–H groups in total. The van der Waals surface area contributed by atoms with Crippen molar-refractivity contribution in [1.29, 1.82) is 0 Å². The molecule has 1 aromatic rings. The number of carbonyl (C=O) groups is 1. The summed E-state index contributed by atoms with van der Waals surface area (Å²) >= 11 is 5.40. The fourth-order valence-corrected chi connectivity index (χ4v) is 1.07. The van der Waals surface area contributed by atoms with Gasteiger partial charge in [0, 0.05) is 6.07 Å². The zero-order valence-corrected chi connectivity index (χ0v) is 9.05. The number of alkyl halides is 3. The molecule has 0 atom stereocenters. The quantitative estimate of drug-likeness (QED) is 0.816. The van der Waals surface area contributed by atoms with E-state index in [1.54, 1.807) is 5.32 Å². The second-order valence-corrected chi connectivity index (χ2v) is 3.46. The molecule has 0 unspecified atom stereocenters. The molecule has 0 saturated carbocycles. The second-order valence-electron chi connectivity index (χ2n) is 3.07. The number of nitrogens with one attached hydrogen (secondary N) is 1. The van der Waals surface area contributed by atoms with Gasteiger partial charge in [0.2, 0.25) is 5.91 Å². The van der Waals surface area contributed by atoms with Gasteiger partial charge in [-0.25, -0.2) is 4.98 Å². The average molecular weight is 270 g/mol. The summed E-state index contributed by atoms with van der Waals surface area (Å²) < 4.78 is 36.2. The van der Waals surface area contributed by atoms with Crippen molar-refractivity contribution in [3.05, 3.63) is 27.9 Å². The van der Waals surface area contributed by atoms with E-state index in [-0.39, 0.29) is 5.15 Å². The highest BCUT2D eigenvalue weighted by atomic mass is 35.5. The van der Waals surface area contributed by atoms with E-state index >= 15 is 0 Å². The van der Waals surface area contributed by atoms with Crippen molar-refractivity contribution < 1.29 is 18.0 Å². The van der Waals surface area contributed by atoms with Crippen molar-refractivity contribution in [3.63, 3.8) is 0 Å². The predicted octanol–water partition coefficient (Wildman–Crippen LogP) is 0.575. The zero-order valence-electron chi connectivity index (χ0n) is 8.29. The topological polar surface area (TPSA) is 64.0 Å². The van der Waals surface area contributed by atoms with Gasteiger partial charge < -0.3 is 5.32 Å². The molecule has 5 nitrogen and oxygen atoms in total. The van der Waals surface area contributed by atoms with Crippen LogP contribution in [0.5, 0.6) is 0 Å². The van der Waals surface area contributed by atoms with E-state index in [0.29, 0.717) is 0 Å². The van der Waals surface area contributed by atoms with E-state index in [2.05, 4.69) is 4.98 Å². The van der Waals surface area contributed by atoms with Crippen LogP contribution >= 0.6 is 11.6 Å². The summed E-state index contributed by atoms with van der Waals surface area (Å²) in [6, 6.07) is 0.957. The summed E-state index contributed by atoms with van der Waals surface area (Å²) in [5, 5.41) is 1.57. The Morgan fingerprint density at radius 3 is 2.71 bits per heavy atom. The molecule has 0 aliphatic rings. The maximum absolute atomic E-state index is 11.8. The monoisotopic (exact) mass is 269 g/mol. The van der Waals surface area contributed by atoms with Gasteiger partial charge in [-0.05, 0) is 0 Å². The van der Waals surface area contributed by atoms with Crippen molar-refractivity contribution in [1.82, 2.24) is 14.9 Å². The molecule has 0 saturated heterocycles. The lowest BCUT2D eigenvalue weighted by molar-refractivity contribution is -0.138. The van der Waals surface area contributed by atoms with Crippen molar-refractivity contribution in [2.75, 3.05) is 6.54 Å². The maximum Gasteiger partial charge on any atom is 0.405 e. The van der Waals surface area contributed by atoms with Gasteiger partial charge in [0.25, 0.3) is 5.56 Å². The smallest absolute Gasteiger partial charge is 0.345 e. The lowest BCUT2D eigenvalue weighted by Crippen LogP contribution is -2.37. The van der Waals surface area contributed by atoms with Crippen molar-refractivity contribution in [2.24, 2.45) is 0 Å². The summed E-state index contributed by atoms with van der Waals surface area (Å²) in [5.41, 5.74) is -0.618. The minimum absolute atomic E-state index is 0.0538. The van der Waals surface area contributed by atoms with Gasteiger partial charge in [-0.15, -0.1) is 0 Å². The van der Waals surface area contributed by atoms with Crippen LogP contribution in [0.1, 0.15) is 0 Å². The Balaban J connectivity index is 2.60. The molecule has 1 aromatic heterocycles. The summed E-state index contributed by atoms with van der Waals surface area (Å²) in [7, 11) is 0. The highest BCUT2D eigenvalue weighted by Crippen LogP contribution is 2.11. The molecule has 0 bridgehead atoms. The van der Waals surface area contributed by atoms with Gasteiger partial charge in [-0.1, -0.05) is 11.6 Å². The third-order valence-corrected chi connectivity index (χ3v) is 1.85. The summed E-state index contributed by atoms with van der Waals surface area (Å²) in [4.78, 5) is 25.8. The van der Waals surface area contributed by atoms with E-state index in [1.165, 1.54) is 0 Å². The molecule has 0 spiro atoms. The van der Waals surface area contributed by atoms with Crippen molar-refractivity contribution in [2.45, 2.75) is 12.7 Å². The third-order valence-electron chi connectivity index (χ3n) is 1.65. The predicted molar refractivity (Wildman–Crippen MR) is 52.6 cm³/mol. The molecule has 0 aliphatic heterocycles. The Morgan fingerprint density at radius 1 is 1.53 bits per heavy atom. The number of hydrogen-bond donors (Lipinski definition) is 1. The normalized spacial score (nSPS) is 11.3. The van der Waals surface area contributed by atoms with E-state index in [0.717, 1.165) is 17.0 Å². The summed E-state index contributed by atoms with van der Waals surface area (Å²) in [6.07, 6.45) is -3.50. The molecule has 0 radical (unpaired) electrons. The van der Waals surface area contributed by atoms with E-state index in [1.807, 2.05) is 0 Å². The van der Waals surface area contributed by atoms with Crippen LogP contribution in [-0.4, -0.2) is 28.2 Å². The third kappa shape index (κ3) is 4.85. The van der Waals surface area contributed by atoms with Gasteiger partial charge >= 0.3 is 6.18 Å². The number of nitrogens with zero attached hydrogens (tertiary/aromatic N) is 2. The van der Waals surface area contributed by atoms with Crippen LogP contribution < -0.4 is 10.9 Å². The Labute approximate surface area is 98.2 Å². The first-order valence-corrected chi connectivity index (χ1v) is 4.71. The molecule has 1 amide bonds. The molecule has 9 heteroatoms. The molecule has 0 fully saturated rings. The number of hydrogen-bond acceptors (Lipinski definition) is 3. The average Bonchev–Trinajstić information content (AvgIpc) is 2.18. The zero-order chi connectivity index (χ0) is 13.1. The summed E-state index contributed by atoms with van der Waals surface area (Å²) in [5.74, 6) is -0.937. The molecule has 17 heavy (non-hydrogen) atoms. The number of amides is 1. The number of halogens is 4. The van der Waals surface area contributed by atoms with Gasteiger partial charge in [0.1, 0.15) is 18.2 Å². The first kappa shape index (κ1) is 13.5.